The van der Waals surface area contributed by atoms with Gasteiger partial charge in [-0.3, -0.25) is 4.79 Å². The normalized spacial score (nSPS) is 10.1. The molecule has 100 valence electrons. The number of nitrogens with zero attached hydrogens (tertiary/aromatic N) is 2. The van der Waals surface area contributed by atoms with Gasteiger partial charge in [0.25, 0.3) is 0 Å². The van der Waals surface area contributed by atoms with Gasteiger partial charge in [0.1, 0.15) is 5.03 Å². The molecule has 0 radical (unpaired) electrons. The molecule has 0 spiro atoms. The van der Waals surface area contributed by atoms with Gasteiger partial charge in [0.15, 0.2) is 0 Å². The van der Waals surface area contributed by atoms with Crippen molar-refractivity contribution in [3.63, 3.8) is 0 Å². The second kappa shape index (κ2) is 8.74. The minimum atomic E-state index is 0.0449. The number of rotatable bonds is 8. The van der Waals surface area contributed by atoms with Gasteiger partial charge in [-0.25, -0.2) is 9.97 Å². The van der Waals surface area contributed by atoms with Gasteiger partial charge >= 0.3 is 0 Å². The predicted molar refractivity (Wildman–Crippen MR) is 74.8 cm³/mol. The largest absolute Gasteiger partial charge is 0.355 e. The molecule has 1 heterocycles. The van der Waals surface area contributed by atoms with Crippen molar-refractivity contribution in [2.24, 2.45) is 0 Å². The standard InChI is InChI=1S/C12H20N4OS/c1-3-6-13-10(17)9-18-11-5-8-15-12(16-11)14-7-4-2/h5,8H,3-4,6-7,9H2,1-2H3,(H,13,17)(H,14,15,16). The van der Waals surface area contributed by atoms with Crippen LogP contribution in [0.4, 0.5) is 5.95 Å². The maximum absolute atomic E-state index is 11.4. The minimum absolute atomic E-state index is 0.0449. The Morgan fingerprint density at radius 2 is 2.11 bits per heavy atom. The molecule has 2 N–H and O–H groups in total. The van der Waals surface area contributed by atoms with Crippen molar-refractivity contribution in [1.29, 1.82) is 0 Å². The summed E-state index contributed by atoms with van der Waals surface area (Å²) in [5, 5.41) is 6.77. The summed E-state index contributed by atoms with van der Waals surface area (Å²) in [6, 6.07) is 1.81. The van der Waals surface area contributed by atoms with Crippen molar-refractivity contribution in [2.75, 3.05) is 24.2 Å². The summed E-state index contributed by atoms with van der Waals surface area (Å²) >= 11 is 1.42. The Morgan fingerprint density at radius 3 is 2.83 bits per heavy atom. The van der Waals surface area contributed by atoms with E-state index in [2.05, 4.69) is 27.5 Å². The molecular formula is C12H20N4OS. The van der Waals surface area contributed by atoms with E-state index in [0.29, 0.717) is 11.7 Å². The third-order valence-electron chi connectivity index (χ3n) is 2.09. The van der Waals surface area contributed by atoms with Crippen molar-refractivity contribution in [2.45, 2.75) is 31.7 Å². The van der Waals surface area contributed by atoms with Gasteiger partial charge < -0.3 is 10.6 Å². The van der Waals surface area contributed by atoms with Crippen LogP contribution in [0.1, 0.15) is 26.7 Å². The fourth-order valence-corrected chi connectivity index (χ4v) is 1.89. The second-order valence-corrected chi connectivity index (χ2v) is 4.78. The van der Waals surface area contributed by atoms with Gasteiger partial charge in [-0.1, -0.05) is 25.6 Å². The van der Waals surface area contributed by atoms with Gasteiger partial charge in [-0.05, 0) is 18.9 Å². The van der Waals surface area contributed by atoms with Gasteiger partial charge in [0.2, 0.25) is 11.9 Å². The van der Waals surface area contributed by atoms with Crippen LogP contribution >= 0.6 is 11.8 Å². The van der Waals surface area contributed by atoms with E-state index in [-0.39, 0.29) is 5.91 Å². The van der Waals surface area contributed by atoms with Crippen LogP contribution in [0.2, 0.25) is 0 Å². The van der Waals surface area contributed by atoms with Crippen molar-refractivity contribution in [3.05, 3.63) is 12.3 Å². The first-order valence-corrected chi connectivity index (χ1v) is 7.21. The van der Waals surface area contributed by atoms with E-state index in [1.54, 1.807) is 6.20 Å². The van der Waals surface area contributed by atoms with E-state index in [4.69, 9.17) is 0 Å². The number of nitrogens with one attached hydrogen (secondary N) is 2. The summed E-state index contributed by atoms with van der Waals surface area (Å²) < 4.78 is 0. The molecule has 0 atom stereocenters. The Morgan fingerprint density at radius 1 is 1.33 bits per heavy atom. The third kappa shape index (κ3) is 5.86. The average Bonchev–Trinajstić information content (AvgIpc) is 2.41. The van der Waals surface area contributed by atoms with E-state index in [0.717, 1.165) is 31.0 Å². The summed E-state index contributed by atoms with van der Waals surface area (Å²) in [7, 11) is 0. The highest BCUT2D eigenvalue weighted by Gasteiger charge is 2.04. The fraction of sp³-hybridized carbons (Fsp3) is 0.583. The molecule has 18 heavy (non-hydrogen) atoms. The molecule has 0 bridgehead atoms. The van der Waals surface area contributed by atoms with Crippen LogP contribution in [0.15, 0.2) is 17.3 Å². The number of hydrogen-bond donors (Lipinski definition) is 2. The van der Waals surface area contributed by atoms with Crippen molar-refractivity contribution in [3.8, 4) is 0 Å². The fourth-order valence-electron chi connectivity index (χ4n) is 1.20. The first-order valence-electron chi connectivity index (χ1n) is 6.22. The Balaban J connectivity index is 2.39. The highest BCUT2D eigenvalue weighted by atomic mass is 32.2. The molecule has 6 heteroatoms. The Hall–Kier alpha value is -1.30. The van der Waals surface area contributed by atoms with Gasteiger partial charge in [0.05, 0.1) is 5.75 Å². The van der Waals surface area contributed by atoms with Crippen LogP contribution in [0.25, 0.3) is 0 Å². The number of anilines is 1. The molecule has 0 aliphatic rings. The minimum Gasteiger partial charge on any atom is -0.355 e. The van der Waals surface area contributed by atoms with Gasteiger partial charge in [0, 0.05) is 19.3 Å². The third-order valence-corrected chi connectivity index (χ3v) is 3.02. The van der Waals surface area contributed by atoms with Crippen LogP contribution in [0.3, 0.4) is 0 Å². The Bertz CT molecular complexity index is 373. The highest BCUT2D eigenvalue weighted by Crippen LogP contribution is 2.15. The Kier molecular flexibility index (Phi) is 7.17. The molecule has 0 aliphatic carbocycles. The molecule has 0 saturated carbocycles. The van der Waals surface area contributed by atoms with Crippen molar-refractivity contribution in [1.82, 2.24) is 15.3 Å². The molecule has 0 unspecified atom stereocenters. The molecule has 1 rings (SSSR count). The van der Waals surface area contributed by atoms with E-state index in [9.17, 15) is 4.79 Å². The smallest absolute Gasteiger partial charge is 0.230 e. The van der Waals surface area contributed by atoms with Crippen molar-refractivity contribution >= 4 is 23.6 Å². The summed E-state index contributed by atoms with van der Waals surface area (Å²) in [6.45, 7) is 5.70. The molecule has 0 saturated heterocycles. The topological polar surface area (TPSA) is 66.9 Å². The van der Waals surface area contributed by atoms with Crippen LogP contribution in [0.5, 0.6) is 0 Å². The first-order chi connectivity index (χ1) is 8.76. The zero-order valence-electron chi connectivity index (χ0n) is 10.9. The molecule has 5 nitrogen and oxygen atoms in total. The summed E-state index contributed by atoms with van der Waals surface area (Å²) in [5.41, 5.74) is 0. The number of amides is 1. The lowest BCUT2D eigenvalue weighted by Gasteiger charge is -2.05. The highest BCUT2D eigenvalue weighted by molar-refractivity contribution is 7.99. The lowest BCUT2D eigenvalue weighted by Crippen LogP contribution is -2.25. The molecule has 0 aliphatic heterocycles. The lowest BCUT2D eigenvalue weighted by molar-refractivity contribution is -0.118. The van der Waals surface area contributed by atoms with Gasteiger partial charge in [-0.15, -0.1) is 0 Å². The van der Waals surface area contributed by atoms with E-state index in [1.165, 1.54) is 11.8 Å². The number of hydrogen-bond acceptors (Lipinski definition) is 5. The van der Waals surface area contributed by atoms with E-state index in [1.807, 2.05) is 13.0 Å². The monoisotopic (exact) mass is 268 g/mol. The number of thioether (sulfide) groups is 1. The van der Waals surface area contributed by atoms with Crippen LogP contribution in [-0.2, 0) is 4.79 Å². The summed E-state index contributed by atoms with van der Waals surface area (Å²) in [4.78, 5) is 19.9. The molecule has 0 fully saturated rings. The second-order valence-electron chi connectivity index (χ2n) is 3.78. The zero-order chi connectivity index (χ0) is 13.2. The SMILES string of the molecule is CCCNC(=O)CSc1ccnc(NCCC)n1. The van der Waals surface area contributed by atoms with Crippen molar-refractivity contribution < 1.29 is 4.79 Å². The number of carbonyl (C=O) groups excluding carboxylic acids is 1. The summed E-state index contributed by atoms with van der Waals surface area (Å²) in [6.07, 6.45) is 3.69. The van der Waals surface area contributed by atoms with Crippen LogP contribution in [-0.4, -0.2) is 34.7 Å². The van der Waals surface area contributed by atoms with Crippen LogP contribution < -0.4 is 10.6 Å². The van der Waals surface area contributed by atoms with E-state index >= 15 is 0 Å². The first kappa shape index (κ1) is 14.8. The van der Waals surface area contributed by atoms with Gasteiger partial charge in [-0.2, -0.15) is 0 Å². The maximum Gasteiger partial charge on any atom is 0.230 e. The molecule has 0 aromatic carbocycles. The molecule has 1 aromatic heterocycles. The average molecular weight is 268 g/mol. The number of carbonyl (C=O) groups is 1. The maximum atomic E-state index is 11.4. The molecule has 1 aromatic rings. The lowest BCUT2D eigenvalue weighted by atomic mass is 10.5. The predicted octanol–water partition coefficient (Wildman–Crippen LogP) is 1.92. The molecular weight excluding hydrogens is 248 g/mol. The van der Waals surface area contributed by atoms with E-state index < -0.39 is 0 Å². The summed E-state index contributed by atoms with van der Waals surface area (Å²) in [5.74, 6) is 1.06. The molecule has 1 amide bonds. The Labute approximate surface area is 112 Å². The quantitative estimate of drug-likeness (QED) is 0.557. The zero-order valence-corrected chi connectivity index (χ0v) is 11.7. The van der Waals surface area contributed by atoms with Crippen LogP contribution in [0, 0.1) is 0 Å². The number of aromatic nitrogens is 2.